The molecule has 10 nitrogen and oxygen atoms in total. The molecule has 2 N–H and O–H groups in total. The lowest BCUT2D eigenvalue weighted by Gasteiger charge is -2.01. The van der Waals surface area contributed by atoms with Crippen LogP contribution in [0.25, 0.3) is 0 Å². The number of ether oxygens (including phenoxy) is 1. The van der Waals surface area contributed by atoms with E-state index in [1.54, 1.807) is 0 Å². The highest BCUT2D eigenvalue weighted by Crippen LogP contribution is 1.80. The van der Waals surface area contributed by atoms with Crippen molar-refractivity contribution in [3.8, 4) is 0 Å². The summed E-state index contributed by atoms with van der Waals surface area (Å²) in [5.41, 5.74) is 0. The SMILES string of the molecule is O.O=[N+]([O-])OCCOCCO[N+](=O)[O-]. The van der Waals surface area contributed by atoms with Crippen molar-refractivity contribution in [2.75, 3.05) is 26.4 Å². The van der Waals surface area contributed by atoms with Crippen LogP contribution in [0.2, 0.25) is 0 Å². The molecule has 0 aliphatic heterocycles. The number of hydrogen-bond donors (Lipinski definition) is 0. The maximum atomic E-state index is 9.59. The fourth-order valence-corrected chi connectivity index (χ4v) is 0.444. The molecule has 0 aliphatic rings. The van der Waals surface area contributed by atoms with Crippen LogP contribution in [-0.4, -0.2) is 42.1 Å². The fourth-order valence-electron chi connectivity index (χ4n) is 0.444. The summed E-state index contributed by atoms with van der Waals surface area (Å²) in [6, 6.07) is 0. The van der Waals surface area contributed by atoms with Crippen LogP contribution < -0.4 is 0 Å². The van der Waals surface area contributed by atoms with Gasteiger partial charge in [-0.1, -0.05) is 0 Å². The van der Waals surface area contributed by atoms with E-state index in [2.05, 4.69) is 14.4 Å². The van der Waals surface area contributed by atoms with Gasteiger partial charge in [0.1, 0.15) is 13.2 Å². The summed E-state index contributed by atoms with van der Waals surface area (Å²) in [5, 5.41) is 17.3. The first kappa shape index (κ1) is 14.8. The van der Waals surface area contributed by atoms with Gasteiger partial charge in [0.25, 0.3) is 10.2 Å². The fraction of sp³-hybridized carbons (Fsp3) is 1.00. The Morgan fingerprint density at radius 2 is 1.21 bits per heavy atom. The molecule has 0 saturated heterocycles. The second-order valence-electron chi connectivity index (χ2n) is 1.73. The highest BCUT2D eigenvalue weighted by molar-refractivity contribution is 4.26. The third-order valence-electron chi connectivity index (χ3n) is 0.849. The molecule has 0 aromatic heterocycles. The normalized spacial score (nSPS) is 8.57. The smallest absolute Gasteiger partial charge is 0.294 e. The van der Waals surface area contributed by atoms with Crippen molar-refractivity contribution in [3.63, 3.8) is 0 Å². The van der Waals surface area contributed by atoms with Crippen LogP contribution in [0.5, 0.6) is 0 Å². The Balaban J connectivity index is 0. The third kappa shape index (κ3) is 12.9. The van der Waals surface area contributed by atoms with E-state index in [0.717, 1.165) is 0 Å². The first-order valence-electron chi connectivity index (χ1n) is 3.25. The average molecular weight is 214 g/mol. The summed E-state index contributed by atoms with van der Waals surface area (Å²) in [4.78, 5) is 27.0. The van der Waals surface area contributed by atoms with E-state index in [-0.39, 0.29) is 31.9 Å². The van der Waals surface area contributed by atoms with Gasteiger partial charge in [0.2, 0.25) is 0 Å². The van der Waals surface area contributed by atoms with Crippen LogP contribution in [0.1, 0.15) is 0 Å². The third-order valence-corrected chi connectivity index (χ3v) is 0.849. The van der Waals surface area contributed by atoms with Crippen molar-refractivity contribution in [1.82, 2.24) is 0 Å². The zero-order valence-electron chi connectivity index (χ0n) is 7.08. The second-order valence-corrected chi connectivity index (χ2v) is 1.73. The van der Waals surface area contributed by atoms with E-state index in [1.807, 2.05) is 0 Å². The van der Waals surface area contributed by atoms with Gasteiger partial charge >= 0.3 is 0 Å². The molecule has 0 fully saturated rings. The maximum absolute atomic E-state index is 9.59. The van der Waals surface area contributed by atoms with Gasteiger partial charge in [-0.15, -0.1) is 20.2 Å². The molecule has 0 saturated carbocycles. The van der Waals surface area contributed by atoms with E-state index >= 15 is 0 Å². The van der Waals surface area contributed by atoms with E-state index in [4.69, 9.17) is 0 Å². The molecule has 0 radical (unpaired) electrons. The Morgan fingerprint density at radius 1 is 0.857 bits per heavy atom. The van der Waals surface area contributed by atoms with Gasteiger partial charge in [-0.05, 0) is 0 Å². The van der Waals surface area contributed by atoms with Crippen LogP contribution in [0.15, 0.2) is 0 Å². The number of hydrogen-bond acceptors (Lipinski definition) is 7. The van der Waals surface area contributed by atoms with Gasteiger partial charge in [0.05, 0.1) is 13.2 Å². The van der Waals surface area contributed by atoms with Gasteiger partial charge in [0.15, 0.2) is 0 Å². The van der Waals surface area contributed by atoms with Gasteiger partial charge < -0.3 is 19.9 Å². The number of rotatable bonds is 8. The van der Waals surface area contributed by atoms with E-state index in [1.165, 1.54) is 0 Å². The van der Waals surface area contributed by atoms with Crippen molar-refractivity contribution < 1.29 is 30.1 Å². The van der Waals surface area contributed by atoms with Gasteiger partial charge in [-0.25, -0.2) is 0 Å². The molecule has 0 aromatic rings. The topological polar surface area (TPSA) is 145 Å². The Morgan fingerprint density at radius 3 is 1.50 bits per heavy atom. The summed E-state index contributed by atoms with van der Waals surface area (Å²) in [6.07, 6.45) is 0. The monoisotopic (exact) mass is 214 g/mol. The first-order valence-corrected chi connectivity index (χ1v) is 3.25. The summed E-state index contributed by atoms with van der Waals surface area (Å²) in [7, 11) is 0. The van der Waals surface area contributed by atoms with Crippen LogP contribution in [0, 0.1) is 20.2 Å². The molecule has 0 spiro atoms. The minimum atomic E-state index is -0.948. The maximum Gasteiger partial charge on any atom is 0.294 e. The molecule has 84 valence electrons. The molecule has 14 heavy (non-hydrogen) atoms. The van der Waals surface area contributed by atoms with Crippen LogP contribution >= 0.6 is 0 Å². The average Bonchev–Trinajstić information content (AvgIpc) is 2.01. The predicted molar refractivity (Wildman–Crippen MR) is 40.3 cm³/mol. The molecule has 0 aromatic carbocycles. The number of nitrogens with zero attached hydrogens (tertiary/aromatic N) is 2. The molecular weight excluding hydrogens is 204 g/mol. The highest BCUT2D eigenvalue weighted by atomic mass is 17.0. The van der Waals surface area contributed by atoms with Gasteiger partial charge in [0, 0.05) is 0 Å². The Hall–Kier alpha value is -1.68. The van der Waals surface area contributed by atoms with Crippen LogP contribution in [-0.2, 0) is 14.4 Å². The van der Waals surface area contributed by atoms with Crippen molar-refractivity contribution in [2.45, 2.75) is 0 Å². The minimum Gasteiger partial charge on any atom is -0.412 e. The lowest BCUT2D eigenvalue weighted by atomic mass is 10.7. The molecule has 0 aliphatic carbocycles. The molecule has 0 heterocycles. The van der Waals surface area contributed by atoms with Crippen molar-refractivity contribution >= 4 is 0 Å². The van der Waals surface area contributed by atoms with Crippen LogP contribution in [0.3, 0.4) is 0 Å². The highest BCUT2D eigenvalue weighted by Gasteiger charge is 1.96. The summed E-state index contributed by atoms with van der Waals surface area (Å²) < 4.78 is 4.68. The second kappa shape index (κ2) is 9.41. The standard InChI is InChI=1S/C4H8N2O7.H2O/c7-5(8)12-3-1-11-2-4-13-6(9)10;/h1-4H2;1H2. The summed E-state index contributed by atoms with van der Waals surface area (Å²) in [6.45, 7) is -0.430. The van der Waals surface area contributed by atoms with E-state index in [0.29, 0.717) is 0 Å². The van der Waals surface area contributed by atoms with Crippen molar-refractivity contribution in [3.05, 3.63) is 20.2 Å². The Labute approximate surface area is 77.9 Å². The molecule has 0 unspecified atom stereocenters. The molecule has 0 amide bonds. The molecule has 0 rings (SSSR count). The predicted octanol–water partition coefficient (Wildman–Crippen LogP) is -1.41. The largest absolute Gasteiger partial charge is 0.412 e. The zero-order chi connectivity index (χ0) is 10.1. The van der Waals surface area contributed by atoms with Crippen LogP contribution in [0.4, 0.5) is 0 Å². The van der Waals surface area contributed by atoms with E-state index < -0.39 is 10.2 Å². The Bertz CT molecular complexity index is 155. The van der Waals surface area contributed by atoms with Gasteiger partial charge in [-0.3, -0.25) is 0 Å². The summed E-state index contributed by atoms with van der Waals surface area (Å²) in [5.74, 6) is 0. The quantitative estimate of drug-likeness (QED) is 0.274. The Kier molecular flexibility index (Phi) is 9.96. The van der Waals surface area contributed by atoms with E-state index in [9.17, 15) is 20.2 Å². The lowest BCUT2D eigenvalue weighted by Crippen LogP contribution is -2.13. The lowest BCUT2D eigenvalue weighted by molar-refractivity contribution is -0.759. The van der Waals surface area contributed by atoms with Gasteiger partial charge in [-0.2, -0.15) is 0 Å². The molecule has 0 atom stereocenters. The van der Waals surface area contributed by atoms with Crippen molar-refractivity contribution in [2.24, 2.45) is 0 Å². The molecular formula is C4H10N2O8. The summed E-state index contributed by atoms with van der Waals surface area (Å²) >= 11 is 0. The molecule has 0 bridgehead atoms. The first-order chi connectivity index (χ1) is 6.13. The zero-order valence-corrected chi connectivity index (χ0v) is 7.08. The van der Waals surface area contributed by atoms with Crippen molar-refractivity contribution in [1.29, 1.82) is 0 Å². The minimum absolute atomic E-state index is 0. The molecule has 10 heteroatoms.